The topological polar surface area (TPSA) is 83.3 Å². The number of carbonyl (C=O) groups is 1. The molecule has 1 aromatic rings. The van der Waals surface area contributed by atoms with Crippen LogP contribution in [0.3, 0.4) is 0 Å². The van der Waals surface area contributed by atoms with Crippen molar-refractivity contribution >= 4 is 33.2 Å². The lowest BCUT2D eigenvalue weighted by Gasteiger charge is -2.23. The zero-order valence-electron chi connectivity index (χ0n) is 11.5. The molecule has 0 fully saturated rings. The highest BCUT2D eigenvalue weighted by molar-refractivity contribution is 8.76. The summed E-state index contributed by atoms with van der Waals surface area (Å²) in [5.74, 6) is -0.637. The first-order chi connectivity index (χ1) is 9.20. The molecule has 0 saturated heterocycles. The van der Waals surface area contributed by atoms with Gasteiger partial charge in [-0.25, -0.2) is 0 Å². The number of carboxylic acids is 1. The monoisotopic (exact) mass is 316 g/mol. The summed E-state index contributed by atoms with van der Waals surface area (Å²) in [6, 6.07) is 4.04. The Kier molecular flexibility index (Phi) is 5.85. The molecule has 0 unspecified atom stereocenters. The summed E-state index contributed by atoms with van der Waals surface area (Å²) < 4.78 is 0.845. The van der Waals surface area contributed by atoms with Crippen molar-refractivity contribution < 1.29 is 19.3 Å². The highest BCUT2D eigenvalue weighted by Crippen LogP contribution is 2.33. The largest absolute Gasteiger partial charge is 0.545 e. The quantitative estimate of drug-likeness (QED) is 0.249. The number of benzene rings is 1. The Morgan fingerprint density at radius 3 is 2.50 bits per heavy atom. The van der Waals surface area contributed by atoms with Gasteiger partial charge >= 0.3 is 0 Å². The second-order valence-electron chi connectivity index (χ2n) is 5.14. The zero-order chi connectivity index (χ0) is 15.3. The van der Waals surface area contributed by atoms with Crippen molar-refractivity contribution in [2.75, 3.05) is 33.4 Å². The number of carboxylic acid groups (broad SMARTS) is 1. The van der Waals surface area contributed by atoms with Gasteiger partial charge in [-0.1, -0.05) is 21.6 Å². The summed E-state index contributed by atoms with van der Waals surface area (Å²) in [5.41, 5.74) is -0.821. The van der Waals surface area contributed by atoms with Gasteiger partial charge in [-0.15, -0.1) is 0 Å². The summed E-state index contributed by atoms with van der Waals surface area (Å²) in [5, 5.41) is 21.6. The minimum absolute atomic E-state index is 0.382. The third-order valence-corrected chi connectivity index (χ3v) is 4.73. The van der Waals surface area contributed by atoms with Crippen LogP contribution in [0.2, 0.25) is 0 Å². The van der Waals surface area contributed by atoms with E-state index in [1.807, 2.05) is 0 Å². The molecule has 1 aromatic carbocycles. The van der Waals surface area contributed by atoms with E-state index in [1.165, 1.54) is 22.9 Å². The second kappa shape index (κ2) is 6.96. The van der Waals surface area contributed by atoms with Crippen LogP contribution >= 0.6 is 21.6 Å². The van der Waals surface area contributed by atoms with Crippen molar-refractivity contribution in [3.05, 3.63) is 33.9 Å². The normalized spacial score (nSPS) is 11.3. The number of hydrogen-bond acceptors (Lipinski definition) is 6. The van der Waals surface area contributed by atoms with E-state index in [0.29, 0.717) is 4.90 Å². The molecule has 0 bridgehead atoms. The molecule has 0 aliphatic rings. The number of carbonyl (C=O) groups excluding carboxylic acids is 1. The van der Waals surface area contributed by atoms with Crippen LogP contribution in [0.5, 0.6) is 0 Å². The molecule has 0 radical (unpaired) electrons. The summed E-state index contributed by atoms with van der Waals surface area (Å²) in [6.07, 6.45) is 0. The number of nitro groups is 1. The van der Waals surface area contributed by atoms with Crippen LogP contribution in [-0.2, 0) is 0 Å². The van der Waals surface area contributed by atoms with Crippen molar-refractivity contribution in [1.82, 2.24) is 0 Å². The van der Waals surface area contributed by atoms with E-state index < -0.39 is 16.6 Å². The summed E-state index contributed by atoms with van der Waals surface area (Å²) in [6.45, 7) is 0.970. The average Bonchev–Trinajstić information content (AvgIpc) is 2.33. The molecular weight excluding hydrogens is 300 g/mol. The second-order valence-corrected chi connectivity index (χ2v) is 7.63. The molecule has 8 heteroatoms. The molecule has 0 N–H and O–H groups in total. The maximum atomic E-state index is 10.9. The number of nitro benzene ring substituents is 1. The first-order valence-electron chi connectivity index (χ1n) is 5.80. The van der Waals surface area contributed by atoms with E-state index in [2.05, 4.69) is 21.1 Å². The Morgan fingerprint density at radius 2 is 2.00 bits per heavy atom. The number of rotatable bonds is 7. The van der Waals surface area contributed by atoms with E-state index >= 15 is 0 Å². The van der Waals surface area contributed by atoms with Crippen molar-refractivity contribution in [1.29, 1.82) is 0 Å². The summed E-state index contributed by atoms with van der Waals surface area (Å²) in [4.78, 5) is 21.6. The molecule has 1 rings (SSSR count). The van der Waals surface area contributed by atoms with Gasteiger partial charge in [-0.2, -0.15) is 0 Å². The van der Waals surface area contributed by atoms with Gasteiger partial charge in [0, 0.05) is 11.0 Å². The average molecular weight is 316 g/mol. The Hall–Kier alpha value is -1.25. The molecule has 0 amide bonds. The van der Waals surface area contributed by atoms with Gasteiger partial charge in [-0.3, -0.25) is 10.1 Å². The third-order valence-electron chi connectivity index (χ3n) is 2.39. The smallest absolute Gasteiger partial charge is 0.278 e. The Labute approximate surface area is 125 Å². The minimum atomic E-state index is -1.53. The maximum Gasteiger partial charge on any atom is 0.278 e. The Balaban J connectivity index is 2.71. The van der Waals surface area contributed by atoms with Crippen molar-refractivity contribution in [2.24, 2.45) is 0 Å². The lowest BCUT2D eigenvalue weighted by atomic mass is 10.2. The highest BCUT2D eigenvalue weighted by Gasteiger charge is 2.15. The van der Waals surface area contributed by atoms with Gasteiger partial charge in [0.2, 0.25) is 0 Å². The zero-order valence-corrected chi connectivity index (χ0v) is 13.1. The SMILES string of the molecule is C[N+](C)(C)CCSSc1ccc([N+](=O)[O-])c(C(=O)[O-])c1. The lowest BCUT2D eigenvalue weighted by molar-refractivity contribution is -0.867. The van der Waals surface area contributed by atoms with Crippen molar-refractivity contribution in [3.63, 3.8) is 0 Å². The van der Waals surface area contributed by atoms with Gasteiger partial charge in [0.1, 0.15) is 0 Å². The molecule has 0 spiro atoms. The van der Waals surface area contributed by atoms with E-state index in [0.717, 1.165) is 16.8 Å². The van der Waals surface area contributed by atoms with Crippen LogP contribution in [0.15, 0.2) is 23.1 Å². The van der Waals surface area contributed by atoms with Gasteiger partial charge in [0.25, 0.3) is 5.69 Å². The Bertz CT molecular complexity index is 515. The Morgan fingerprint density at radius 1 is 1.35 bits per heavy atom. The molecule has 0 heterocycles. The molecule has 0 saturated carbocycles. The van der Waals surface area contributed by atoms with Crippen LogP contribution < -0.4 is 5.11 Å². The number of hydrogen-bond donors (Lipinski definition) is 0. The summed E-state index contributed by atoms with van der Waals surface area (Å²) >= 11 is 0. The number of quaternary nitrogens is 1. The number of nitrogens with zero attached hydrogens (tertiary/aromatic N) is 2. The van der Waals surface area contributed by atoms with E-state index in [9.17, 15) is 20.0 Å². The predicted octanol–water partition coefficient (Wildman–Crippen LogP) is 1.40. The molecule has 20 heavy (non-hydrogen) atoms. The van der Waals surface area contributed by atoms with Crippen LogP contribution in [-0.4, -0.2) is 48.8 Å². The fourth-order valence-corrected chi connectivity index (χ4v) is 3.63. The molecule has 110 valence electrons. The molecular formula is C12H16N2O4S2. The van der Waals surface area contributed by atoms with Crippen LogP contribution in [0.25, 0.3) is 0 Å². The van der Waals surface area contributed by atoms with Crippen LogP contribution in [0.1, 0.15) is 10.4 Å². The molecule has 0 aliphatic carbocycles. The van der Waals surface area contributed by atoms with Gasteiger partial charge < -0.3 is 14.4 Å². The van der Waals surface area contributed by atoms with Gasteiger partial charge in [0.05, 0.1) is 49.9 Å². The van der Waals surface area contributed by atoms with Crippen LogP contribution in [0.4, 0.5) is 5.69 Å². The summed E-state index contributed by atoms with van der Waals surface area (Å²) in [7, 11) is 9.26. The fourth-order valence-electron chi connectivity index (χ4n) is 1.31. The third kappa shape index (κ3) is 5.40. The van der Waals surface area contributed by atoms with Gasteiger partial charge in [0.15, 0.2) is 0 Å². The van der Waals surface area contributed by atoms with Crippen molar-refractivity contribution in [2.45, 2.75) is 4.90 Å². The van der Waals surface area contributed by atoms with Crippen molar-refractivity contribution in [3.8, 4) is 0 Å². The van der Waals surface area contributed by atoms with Gasteiger partial charge in [-0.05, 0) is 12.1 Å². The first-order valence-corrected chi connectivity index (χ1v) is 8.12. The van der Waals surface area contributed by atoms with E-state index in [-0.39, 0.29) is 5.56 Å². The predicted molar refractivity (Wildman–Crippen MR) is 78.6 cm³/mol. The fraction of sp³-hybridized carbons (Fsp3) is 0.417. The maximum absolute atomic E-state index is 10.9. The van der Waals surface area contributed by atoms with E-state index in [4.69, 9.17) is 0 Å². The van der Waals surface area contributed by atoms with Crippen LogP contribution in [0, 0.1) is 10.1 Å². The van der Waals surface area contributed by atoms with E-state index in [1.54, 1.807) is 16.9 Å². The molecule has 0 atom stereocenters. The minimum Gasteiger partial charge on any atom is -0.545 e. The molecule has 0 aromatic heterocycles. The highest BCUT2D eigenvalue weighted by atomic mass is 33.1. The molecule has 6 nitrogen and oxygen atoms in total. The standard InChI is InChI=1S/C12H16N2O4S2/c1-14(2,3)6-7-19-20-9-4-5-11(13(17)18)10(8-9)12(15)16/h4-5,8H,6-7H2,1-3H3. The first kappa shape index (κ1) is 16.8. The number of aromatic carboxylic acids is 1. The molecule has 0 aliphatic heterocycles. The lowest BCUT2D eigenvalue weighted by Crippen LogP contribution is -2.36.